The maximum atomic E-state index is 11.7. The van der Waals surface area contributed by atoms with Crippen LogP contribution in [0, 0.1) is 6.92 Å². The molecule has 0 bridgehead atoms. The van der Waals surface area contributed by atoms with Gasteiger partial charge in [-0.3, -0.25) is 0 Å². The summed E-state index contributed by atoms with van der Waals surface area (Å²) in [6.45, 7) is 4.55. The van der Waals surface area contributed by atoms with E-state index in [9.17, 15) is 9.90 Å². The molecule has 2 aromatic carbocycles. The number of methoxy groups -OCH3 is 1. The molecule has 0 heterocycles. The van der Waals surface area contributed by atoms with Gasteiger partial charge >= 0.3 is 5.97 Å². The summed E-state index contributed by atoms with van der Waals surface area (Å²) in [5.74, 6) is 0.473. The molecule has 0 atom stereocenters. The molecule has 0 aliphatic carbocycles. The van der Waals surface area contributed by atoms with Crippen molar-refractivity contribution in [1.82, 2.24) is 0 Å². The second kappa shape index (κ2) is 8.20. The SMILES string of the molecule is CCCOc1cccc(/C=C(\C(=O)O)c2ccc(OC)cc2C)c1. The summed E-state index contributed by atoms with van der Waals surface area (Å²) in [6.07, 6.45) is 2.58. The second-order valence-electron chi connectivity index (χ2n) is 5.46. The summed E-state index contributed by atoms with van der Waals surface area (Å²) >= 11 is 0. The van der Waals surface area contributed by atoms with Crippen LogP contribution in [0.15, 0.2) is 42.5 Å². The van der Waals surface area contributed by atoms with E-state index in [4.69, 9.17) is 9.47 Å². The highest BCUT2D eigenvalue weighted by Gasteiger charge is 2.14. The van der Waals surface area contributed by atoms with Crippen molar-refractivity contribution in [2.24, 2.45) is 0 Å². The van der Waals surface area contributed by atoms with Gasteiger partial charge in [0.1, 0.15) is 11.5 Å². The molecule has 0 saturated heterocycles. The van der Waals surface area contributed by atoms with Gasteiger partial charge in [0.15, 0.2) is 0 Å². The van der Waals surface area contributed by atoms with Crippen LogP contribution in [0.4, 0.5) is 0 Å². The molecular weight excluding hydrogens is 304 g/mol. The van der Waals surface area contributed by atoms with Crippen LogP contribution in [0.5, 0.6) is 11.5 Å². The van der Waals surface area contributed by atoms with Crippen LogP contribution in [0.3, 0.4) is 0 Å². The minimum Gasteiger partial charge on any atom is -0.497 e. The average Bonchev–Trinajstić information content (AvgIpc) is 2.58. The quantitative estimate of drug-likeness (QED) is 0.604. The highest BCUT2D eigenvalue weighted by Crippen LogP contribution is 2.26. The van der Waals surface area contributed by atoms with Crippen molar-refractivity contribution in [1.29, 1.82) is 0 Å². The first-order valence-corrected chi connectivity index (χ1v) is 7.88. The summed E-state index contributed by atoms with van der Waals surface area (Å²) in [5.41, 5.74) is 2.54. The minimum atomic E-state index is -0.969. The Morgan fingerprint density at radius 1 is 1.17 bits per heavy atom. The maximum Gasteiger partial charge on any atom is 0.336 e. The predicted octanol–water partition coefficient (Wildman–Crippen LogP) is 4.42. The van der Waals surface area contributed by atoms with E-state index >= 15 is 0 Å². The number of rotatable bonds is 7. The van der Waals surface area contributed by atoms with Crippen molar-refractivity contribution in [3.63, 3.8) is 0 Å². The fourth-order valence-corrected chi connectivity index (χ4v) is 2.40. The molecule has 0 aromatic heterocycles. The molecule has 0 aliphatic rings. The van der Waals surface area contributed by atoms with Gasteiger partial charge < -0.3 is 14.6 Å². The average molecular weight is 326 g/mol. The molecule has 0 amide bonds. The van der Waals surface area contributed by atoms with E-state index in [0.717, 1.165) is 23.3 Å². The number of aliphatic carboxylic acids is 1. The molecule has 1 N–H and O–H groups in total. The molecule has 126 valence electrons. The number of carboxylic acids is 1. The van der Waals surface area contributed by atoms with Crippen molar-refractivity contribution in [3.05, 3.63) is 59.2 Å². The highest BCUT2D eigenvalue weighted by molar-refractivity contribution is 6.21. The number of hydrogen-bond donors (Lipinski definition) is 1. The number of ether oxygens (including phenoxy) is 2. The lowest BCUT2D eigenvalue weighted by atomic mass is 9.98. The molecule has 24 heavy (non-hydrogen) atoms. The van der Waals surface area contributed by atoms with Gasteiger partial charge in [-0.15, -0.1) is 0 Å². The van der Waals surface area contributed by atoms with Crippen LogP contribution in [-0.2, 0) is 4.79 Å². The first kappa shape index (κ1) is 17.6. The Balaban J connectivity index is 2.40. The monoisotopic (exact) mass is 326 g/mol. The lowest BCUT2D eigenvalue weighted by molar-refractivity contribution is -0.130. The highest BCUT2D eigenvalue weighted by atomic mass is 16.5. The summed E-state index contributed by atoms with van der Waals surface area (Å²) < 4.78 is 10.8. The van der Waals surface area contributed by atoms with Crippen LogP contribution in [0.2, 0.25) is 0 Å². The molecular formula is C20H22O4. The fraction of sp³-hybridized carbons (Fsp3) is 0.250. The van der Waals surface area contributed by atoms with Crippen LogP contribution < -0.4 is 9.47 Å². The Kier molecular flexibility index (Phi) is 6.01. The number of carboxylic acid groups (broad SMARTS) is 1. The Morgan fingerprint density at radius 2 is 1.96 bits per heavy atom. The van der Waals surface area contributed by atoms with Crippen LogP contribution >= 0.6 is 0 Å². The topological polar surface area (TPSA) is 55.8 Å². The Labute approximate surface area is 142 Å². The van der Waals surface area contributed by atoms with Crippen LogP contribution in [-0.4, -0.2) is 24.8 Å². The van der Waals surface area contributed by atoms with Crippen LogP contribution in [0.1, 0.15) is 30.0 Å². The van der Waals surface area contributed by atoms with E-state index in [1.165, 1.54) is 0 Å². The number of carbonyl (C=O) groups is 1. The van der Waals surface area contributed by atoms with Gasteiger partial charge in [0, 0.05) is 0 Å². The summed E-state index contributed by atoms with van der Waals surface area (Å²) in [6, 6.07) is 12.8. The van der Waals surface area contributed by atoms with Crippen molar-refractivity contribution in [3.8, 4) is 11.5 Å². The predicted molar refractivity (Wildman–Crippen MR) is 95.5 cm³/mol. The third-order valence-corrected chi connectivity index (χ3v) is 3.60. The zero-order valence-corrected chi connectivity index (χ0v) is 14.2. The zero-order chi connectivity index (χ0) is 17.5. The van der Waals surface area contributed by atoms with Gasteiger partial charge in [-0.05, 0) is 60.4 Å². The van der Waals surface area contributed by atoms with E-state index in [-0.39, 0.29) is 5.57 Å². The van der Waals surface area contributed by atoms with E-state index in [0.29, 0.717) is 17.9 Å². The number of hydrogen-bond acceptors (Lipinski definition) is 3. The first-order valence-electron chi connectivity index (χ1n) is 7.88. The second-order valence-corrected chi connectivity index (χ2v) is 5.46. The summed E-state index contributed by atoms with van der Waals surface area (Å²) in [5, 5.41) is 9.62. The summed E-state index contributed by atoms with van der Waals surface area (Å²) in [4.78, 5) is 11.7. The standard InChI is InChI=1S/C20H22O4/c1-4-10-24-17-7-5-6-15(12-17)13-19(20(21)22)18-9-8-16(23-3)11-14(18)2/h5-9,11-13H,4,10H2,1-3H3,(H,21,22)/b19-13-. The van der Waals surface area contributed by atoms with E-state index in [2.05, 4.69) is 0 Å². The number of aryl methyl sites for hydroxylation is 1. The Bertz CT molecular complexity index is 747. The third-order valence-electron chi connectivity index (χ3n) is 3.60. The molecule has 2 aromatic rings. The number of benzene rings is 2. The fourth-order valence-electron chi connectivity index (χ4n) is 2.40. The molecule has 0 aliphatic heterocycles. The lowest BCUT2D eigenvalue weighted by Gasteiger charge is -2.10. The minimum absolute atomic E-state index is 0.239. The van der Waals surface area contributed by atoms with E-state index < -0.39 is 5.97 Å². The van der Waals surface area contributed by atoms with Gasteiger partial charge in [-0.25, -0.2) is 4.79 Å². The maximum absolute atomic E-state index is 11.7. The largest absolute Gasteiger partial charge is 0.497 e. The van der Waals surface area contributed by atoms with Crippen molar-refractivity contribution in [2.45, 2.75) is 20.3 Å². The van der Waals surface area contributed by atoms with Crippen molar-refractivity contribution in [2.75, 3.05) is 13.7 Å². The molecule has 0 fully saturated rings. The smallest absolute Gasteiger partial charge is 0.336 e. The Hall–Kier alpha value is -2.75. The molecule has 0 unspecified atom stereocenters. The van der Waals surface area contributed by atoms with E-state index in [1.807, 2.05) is 44.2 Å². The first-order chi connectivity index (χ1) is 11.5. The van der Waals surface area contributed by atoms with E-state index in [1.54, 1.807) is 25.3 Å². The normalized spacial score (nSPS) is 11.2. The van der Waals surface area contributed by atoms with Gasteiger partial charge in [0.2, 0.25) is 0 Å². The molecule has 4 heteroatoms. The van der Waals surface area contributed by atoms with Crippen molar-refractivity contribution >= 4 is 17.6 Å². The van der Waals surface area contributed by atoms with Gasteiger partial charge in [0.25, 0.3) is 0 Å². The lowest BCUT2D eigenvalue weighted by Crippen LogP contribution is -2.02. The molecule has 0 radical (unpaired) electrons. The zero-order valence-electron chi connectivity index (χ0n) is 14.2. The van der Waals surface area contributed by atoms with Crippen molar-refractivity contribution < 1.29 is 19.4 Å². The molecule has 0 saturated carbocycles. The van der Waals surface area contributed by atoms with Gasteiger partial charge in [0.05, 0.1) is 19.3 Å². The Morgan fingerprint density at radius 3 is 2.58 bits per heavy atom. The molecule has 2 rings (SSSR count). The molecule has 0 spiro atoms. The van der Waals surface area contributed by atoms with Gasteiger partial charge in [-0.2, -0.15) is 0 Å². The van der Waals surface area contributed by atoms with Gasteiger partial charge in [-0.1, -0.05) is 25.1 Å². The van der Waals surface area contributed by atoms with Crippen LogP contribution in [0.25, 0.3) is 11.6 Å². The molecule has 4 nitrogen and oxygen atoms in total. The summed E-state index contributed by atoms with van der Waals surface area (Å²) in [7, 11) is 1.59. The third kappa shape index (κ3) is 4.38.